The molecule has 7 heteroatoms. The number of hydrogen-bond donors (Lipinski definition) is 1. The Bertz CT molecular complexity index is 1060. The number of thiophene rings is 1. The van der Waals surface area contributed by atoms with Crippen LogP contribution in [-0.2, 0) is 20.0 Å². The summed E-state index contributed by atoms with van der Waals surface area (Å²) >= 11 is 1.33. The van der Waals surface area contributed by atoms with Crippen LogP contribution in [0.15, 0.2) is 33.9 Å². The minimum Gasteiger partial charge on any atom is -0.505 e. The fourth-order valence-corrected chi connectivity index (χ4v) is 4.00. The Labute approximate surface area is 147 Å². The van der Waals surface area contributed by atoms with E-state index in [4.69, 9.17) is 0 Å². The predicted octanol–water partition coefficient (Wildman–Crippen LogP) is 2.85. The van der Waals surface area contributed by atoms with Crippen LogP contribution in [0.25, 0.3) is 10.2 Å². The number of halogens is 1. The molecule has 0 atom stereocenters. The fourth-order valence-electron chi connectivity index (χ4n) is 2.82. The van der Waals surface area contributed by atoms with Gasteiger partial charge in [-0.15, -0.1) is 11.3 Å². The van der Waals surface area contributed by atoms with Gasteiger partial charge in [0.2, 0.25) is 0 Å². The van der Waals surface area contributed by atoms with Crippen molar-refractivity contribution in [1.29, 1.82) is 0 Å². The molecule has 5 nitrogen and oxygen atoms in total. The molecule has 3 aromatic rings. The summed E-state index contributed by atoms with van der Waals surface area (Å²) in [7, 11) is 1.47. The Morgan fingerprint density at radius 2 is 2.00 bits per heavy atom. The van der Waals surface area contributed by atoms with Gasteiger partial charge in [-0.1, -0.05) is 26.0 Å². The van der Waals surface area contributed by atoms with Crippen LogP contribution in [0.5, 0.6) is 5.75 Å². The molecule has 2 heterocycles. The third-order valence-electron chi connectivity index (χ3n) is 4.04. The molecule has 3 rings (SSSR count). The van der Waals surface area contributed by atoms with Crippen molar-refractivity contribution in [3.8, 4) is 5.75 Å². The number of benzene rings is 1. The highest BCUT2D eigenvalue weighted by atomic mass is 32.1. The zero-order chi connectivity index (χ0) is 18.3. The maximum absolute atomic E-state index is 13.5. The van der Waals surface area contributed by atoms with Gasteiger partial charge in [0.1, 0.15) is 4.83 Å². The molecule has 0 saturated carbocycles. The van der Waals surface area contributed by atoms with Crippen molar-refractivity contribution in [3.63, 3.8) is 0 Å². The summed E-state index contributed by atoms with van der Waals surface area (Å²) in [5.41, 5.74) is -0.236. The van der Waals surface area contributed by atoms with E-state index in [9.17, 15) is 19.1 Å². The first-order valence-electron chi connectivity index (χ1n) is 7.98. The maximum Gasteiger partial charge on any atom is 0.331 e. The standard InChI is InChI=1S/C18H19FN2O3S/c1-10(2)9-21-17-13(16(23)20(3)18(21)24)8-12(25-17)7-11-5-4-6-14(19)15(11)22/h4-6,8,10,22H,7,9H2,1-3H3. The molecule has 0 aliphatic rings. The molecule has 0 aliphatic heterocycles. The molecule has 0 saturated heterocycles. The van der Waals surface area contributed by atoms with Crippen molar-refractivity contribution < 1.29 is 9.50 Å². The van der Waals surface area contributed by atoms with E-state index in [0.717, 1.165) is 9.44 Å². The van der Waals surface area contributed by atoms with E-state index in [1.54, 1.807) is 16.7 Å². The van der Waals surface area contributed by atoms with Crippen molar-refractivity contribution in [2.75, 3.05) is 0 Å². The number of hydrogen-bond acceptors (Lipinski definition) is 4. The molecule has 2 aromatic heterocycles. The summed E-state index contributed by atoms with van der Waals surface area (Å²) in [5.74, 6) is -0.810. The summed E-state index contributed by atoms with van der Waals surface area (Å²) in [6.45, 7) is 4.51. The quantitative estimate of drug-likeness (QED) is 0.776. The lowest BCUT2D eigenvalue weighted by atomic mass is 10.1. The van der Waals surface area contributed by atoms with Gasteiger partial charge in [0.25, 0.3) is 5.56 Å². The first-order chi connectivity index (χ1) is 11.8. The van der Waals surface area contributed by atoms with Crippen molar-refractivity contribution in [2.45, 2.75) is 26.8 Å². The molecule has 132 valence electrons. The normalized spacial score (nSPS) is 11.6. The summed E-state index contributed by atoms with van der Waals surface area (Å²) in [6.07, 6.45) is 0.294. The summed E-state index contributed by atoms with van der Waals surface area (Å²) < 4.78 is 16.2. The molecule has 0 bridgehead atoms. The monoisotopic (exact) mass is 362 g/mol. The van der Waals surface area contributed by atoms with Crippen LogP contribution in [0.3, 0.4) is 0 Å². The minimum absolute atomic E-state index is 0.246. The molecule has 0 amide bonds. The first-order valence-corrected chi connectivity index (χ1v) is 8.79. The SMILES string of the molecule is CC(C)Cn1c(=O)n(C)c(=O)c2cc(Cc3cccc(F)c3O)sc21. The summed E-state index contributed by atoms with van der Waals surface area (Å²) in [4.78, 5) is 26.3. The lowest BCUT2D eigenvalue weighted by molar-refractivity contribution is 0.427. The second-order valence-corrected chi connectivity index (χ2v) is 7.62. The topological polar surface area (TPSA) is 64.2 Å². The van der Waals surface area contributed by atoms with Gasteiger partial charge in [0, 0.05) is 30.5 Å². The number of phenols is 1. The van der Waals surface area contributed by atoms with Crippen molar-refractivity contribution >= 4 is 21.6 Å². The third-order valence-corrected chi connectivity index (χ3v) is 5.20. The Hall–Kier alpha value is -2.41. The van der Waals surface area contributed by atoms with Crippen LogP contribution in [0, 0.1) is 11.7 Å². The largest absolute Gasteiger partial charge is 0.505 e. The van der Waals surface area contributed by atoms with Gasteiger partial charge in [-0.3, -0.25) is 13.9 Å². The number of rotatable bonds is 4. The van der Waals surface area contributed by atoms with Crippen molar-refractivity contribution in [1.82, 2.24) is 9.13 Å². The number of nitrogens with zero attached hydrogens (tertiary/aromatic N) is 2. The van der Waals surface area contributed by atoms with Gasteiger partial charge in [0.15, 0.2) is 11.6 Å². The van der Waals surface area contributed by atoms with Crippen LogP contribution >= 0.6 is 11.3 Å². The zero-order valence-electron chi connectivity index (χ0n) is 14.2. The van der Waals surface area contributed by atoms with E-state index < -0.39 is 5.82 Å². The molecule has 25 heavy (non-hydrogen) atoms. The number of fused-ring (bicyclic) bond motifs is 1. The minimum atomic E-state index is -0.675. The molecular formula is C18H19FN2O3S. The Kier molecular flexibility index (Phi) is 4.51. The number of para-hydroxylation sites is 1. The molecule has 0 unspecified atom stereocenters. The number of aromatic hydroxyl groups is 1. The van der Waals surface area contributed by atoms with Gasteiger partial charge in [-0.05, 0) is 18.1 Å². The Morgan fingerprint density at radius 3 is 2.68 bits per heavy atom. The average molecular weight is 362 g/mol. The van der Waals surface area contributed by atoms with E-state index in [1.165, 1.54) is 30.5 Å². The summed E-state index contributed by atoms with van der Waals surface area (Å²) in [5, 5.41) is 10.3. The highest BCUT2D eigenvalue weighted by Gasteiger charge is 2.16. The van der Waals surface area contributed by atoms with Crippen LogP contribution in [-0.4, -0.2) is 14.2 Å². The highest BCUT2D eigenvalue weighted by Crippen LogP contribution is 2.29. The molecule has 0 fully saturated rings. The maximum atomic E-state index is 13.5. The average Bonchev–Trinajstić information content (AvgIpc) is 2.97. The van der Waals surface area contributed by atoms with Crippen LogP contribution in [0.4, 0.5) is 4.39 Å². The van der Waals surface area contributed by atoms with E-state index in [0.29, 0.717) is 28.7 Å². The Balaban J connectivity index is 2.16. The van der Waals surface area contributed by atoms with Crippen LogP contribution in [0.1, 0.15) is 24.3 Å². The van der Waals surface area contributed by atoms with Gasteiger partial charge in [-0.25, -0.2) is 9.18 Å². The fraction of sp³-hybridized carbons (Fsp3) is 0.333. The van der Waals surface area contributed by atoms with E-state index >= 15 is 0 Å². The number of aromatic nitrogens is 2. The number of phenolic OH excluding ortho intramolecular Hbond substituents is 1. The highest BCUT2D eigenvalue weighted by molar-refractivity contribution is 7.18. The lowest BCUT2D eigenvalue weighted by Gasteiger charge is -2.11. The van der Waals surface area contributed by atoms with E-state index in [-0.39, 0.29) is 22.9 Å². The third kappa shape index (κ3) is 3.11. The first kappa shape index (κ1) is 17.4. The lowest BCUT2D eigenvalue weighted by Crippen LogP contribution is -2.38. The second kappa shape index (κ2) is 6.48. The van der Waals surface area contributed by atoms with E-state index in [2.05, 4.69) is 0 Å². The second-order valence-electron chi connectivity index (χ2n) is 6.51. The van der Waals surface area contributed by atoms with Crippen LogP contribution in [0.2, 0.25) is 0 Å². The molecule has 0 aliphatic carbocycles. The summed E-state index contributed by atoms with van der Waals surface area (Å²) in [6, 6.07) is 6.09. The predicted molar refractivity (Wildman–Crippen MR) is 97.0 cm³/mol. The van der Waals surface area contributed by atoms with Crippen molar-refractivity contribution in [3.05, 3.63) is 61.4 Å². The van der Waals surface area contributed by atoms with Gasteiger partial charge in [-0.2, -0.15) is 0 Å². The smallest absolute Gasteiger partial charge is 0.331 e. The van der Waals surface area contributed by atoms with Gasteiger partial charge < -0.3 is 5.11 Å². The van der Waals surface area contributed by atoms with Crippen LogP contribution < -0.4 is 11.2 Å². The van der Waals surface area contributed by atoms with Gasteiger partial charge >= 0.3 is 5.69 Å². The van der Waals surface area contributed by atoms with Crippen molar-refractivity contribution in [2.24, 2.45) is 13.0 Å². The molecule has 1 aromatic carbocycles. The molecule has 0 spiro atoms. The Morgan fingerprint density at radius 1 is 1.28 bits per heavy atom. The zero-order valence-corrected chi connectivity index (χ0v) is 15.1. The molecule has 1 N–H and O–H groups in total. The molecule has 0 radical (unpaired) electrons. The van der Waals surface area contributed by atoms with Gasteiger partial charge in [0.05, 0.1) is 5.39 Å². The van der Waals surface area contributed by atoms with E-state index in [1.807, 2.05) is 13.8 Å². The molecular weight excluding hydrogens is 343 g/mol.